The number of carboxylic acids is 1. The third-order valence-corrected chi connectivity index (χ3v) is 6.30. The number of nitrogens with zero attached hydrogens (tertiary/aromatic N) is 1. The molecule has 29 heavy (non-hydrogen) atoms. The fourth-order valence-electron chi connectivity index (χ4n) is 4.31. The predicted octanol–water partition coefficient (Wildman–Crippen LogP) is 4.44. The van der Waals surface area contributed by atoms with Crippen molar-refractivity contribution in [3.63, 3.8) is 0 Å². The normalized spacial score (nSPS) is 24.7. The molecule has 1 saturated heterocycles. The summed E-state index contributed by atoms with van der Waals surface area (Å²) in [5.74, 6) is -1.78. The van der Waals surface area contributed by atoms with Crippen molar-refractivity contribution >= 4 is 17.7 Å². The molecule has 0 radical (unpaired) electrons. The van der Waals surface area contributed by atoms with Crippen LogP contribution in [0.25, 0.3) is 0 Å². The second-order valence-electron chi connectivity index (χ2n) is 8.53. The molecule has 6 nitrogen and oxygen atoms in total. The van der Waals surface area contributed by atoms with Crippen LogP contribution in [0.5, 0.6) is 0 Å². The van der Waals surface area contributed by atoms with Gasteiger partial charge in [0.15, 0.2) is 11.3 Å². The standard InChI is InChI=1S/C23H42N2O4/c1-25-21(27)17-13-11-9-7-5-3-2-4-6-8-10-12-16-20(26)23(25,22(28)29)18-14-15-19-24/h2-19,24H2,1H3,(H,28,29)/t23-/m1/s1. The summed E-state index contributed by atoms with van der Waals surface area (Å²) in [5.41, 5.74) is 3.82. The number of nitrogens with two attached hydrogens (primary N) is 1. The summed E-state index contributed by atoms with van der Waals surface area (Å²) in [6.07, 6.45) is 14.8. The fraction of sp³-hybridized carbons (Fsp3) is 0.870. The van der Waals surface area contributed by atoms with Gasteiger partial charge >= 0.3 is 5.97 Å². The first-order valence-electron chi connectivity index (χ1n) is 11.7. The Morgan fingerprint density at radius 1 is 0.862 bits per heavy atom. The molecule has 0 bridgehead atoms. The first-order chi connectivity index (χ1) is 14.0. The Labute approximate surface area is 176 Å². The van der Waals surface area contributed by atoms with Gasteiger partial charge in [-0.05, 0) is 38.6 Å². The number of rotatable bonds is 5. The van der Waals surface area contributed by atoms with Crippen LogP contribution in [0.1, 0.15) is 109 Å². The van der Waals surface area contributed by atoms with Gasteiger partial charge in [0.25, 0.3) is 0 Å². The quantitative estimate of drug-likeness (QED) is 0.515. The molecule has 1 aliphatic heterocycles. The van der Waals surface area contributed by atoms with E-state index in [2.05, 4.69) is 0 Å². The second kappa shape index (κ2) is 14.5. The summed E-state index contributed by atoms with van der Waals surface area (Å²) in [6, 6.07) is 0. The zero-order valence-corrected chi connectivity index (χ0v) is 18.4. The van der Waals surface area contributed by atoms with Crippen molar-refractivity contribution in [2.24, 2.45) is 5.73 Å². The van der Waals surface area contributed by atoms with E-state index in [1.165, 1.54) is 50.5 Å². The van der Waals surface area contributed by atoms with Gasteiger partial charge in [0.2, 0.25) is 5.91 Å². The number of hydrogen-bond donors (Lipinski definition) is 2. The summed E-state index contributed by atoms with van der Waals surface area (Å²) < 4.78 is 0. The van der Waals surface area contributed by atoms with Crippen LogP contribution >= 0.6 is 0 Å². The van der Waals surface area contributed by atoms with E-state index in [4.69, 9.17) is 5.73 Å². The zero-order chi connectivity index (χ0) is 21.5. The lowest BCUT2D eigenvalue weighted by Crippen LogP contribution is -2.60. The van der Waals surface area contributed by atoms with Crippen molar-refractivity contribution in [2.45, 2.75) is 115 Å². The number of aliphatic carboxylic acids is 1. The average molecular weight is 411 g/mol. The van der Waals surface area contributed by atoms with E-state index in [1.54, 1.807) is 0 Å². The van der Waals surface area contributed by atoms with Crippen LogP contribution in [-0.2, 0) is 14.4 Å². The van der Waals surface area contributed by atoms with Gasteiger partial charge < -0.3 is 15.7 Å². The molecule has 0 spiro atoms. The van der Waals surface area contributed by atoms with E-state index in [9.17, 15) is 19.5 Å². The van der Waals surface area contributed by atoms with Crippen LogP contribution in [-0.4, -0.2) is 46.8 Å². The molecule has 0 unspecified atom stereocenters. The monoisotopic (exact) mass is 410 g/mol. The summed E-state index contributed by atoms with van der Waals surface area (Å²) in [5, 5.41) is 10.1. The summed E-state index contributed by atoms with van der Waals surface area (Å²) in [6.45, 7) is 0.446. The fourth-order valence-corrected chi connectivity index (χ4v) is 4.31. The van der Waals surface area contributed by atoms with Crippen LogP contribution in [0.15, 0.2) is 0 Å². The van der Waals surface area contributed by atoms with Gasteiger partial charge in [0.05, 0.1) is 0 Å². The Morgan fingerprint density at radius 3 is 1.76 bits per heavy atom. The first kappa shape index (κ1) is 25.6. The van der Waals surface area contributed by atoms with Crippen molar-refractivity contribution in [1.82, 2.24) is 4.90 Å². The highest BCUT2D eigenvalue weighted by atomic mass is 16.4. The molecule has 1 atom stereocenters. The van der Waals surface area contributed by atoms with Crippen molar-refractivity contribution in [3.8, 4) is 0 Å². The SMILES string of the molecule is CN1C(=O)CCCCCCCCCCCCCCC(=O)[C@]1(CCCCN)C(=O)O. The number of likely N-dealkylation sites (N-methyl/N-ethyl adjacent to an activating group) is 1. The molecule has 1 heterocycles. The van der Waals surface area contributed by atoms with E-state index >= 15 is 0 Å². The molecule has 1 amide bonds. The molecular weight excluding hydrogens is 368 g/mol. The Hall–Kier alpha value is -1.43. The number of hydrogen-bond acceptors (Lipinski definition) is 4. The molecule has 0 aliphatic carbocycles. The minimum atomic E-state index is -1.75. The maximum absolute atomic E-state index is 13.1. The van der Waals surface area contributed by atoms with Crippen LogP contribution in [0.2, 0.25) is 0 Å². The lowest BCUT2D eigenvalue weighted by atomic mass is 9.83. The van der Waals surface area contributed by atoms with Gasteiger partial charge in [0, 0.05) is 19.9 Å². The number of carbonyl (C=O) groups is 3. The van der Waals surface area contributed by atoms with Gasteiger partial charge in [-0.2, -0.15) is 0 Å². The molecule has 0 aromatic heterocycles. The molecule has 0 aromatic carbocycles. The maximum Gasteiger partial charge on any atom is 0.337 e. The van der Waals surface area contributed by atoms with E-state index in [0.717, 1.165) is 32.1 Å². The number of amides is 1. The number of carboxylic acid groups (broad SMARTS) is 1. The Kier molecular flexibility index (Phi) is 12.8. The largest absolute Gasteiger partial charge is 0.479 e. The maximum atomic E-state index is 13.1. The lowest BCUT2D eigenvalue weighted by Gasteiger charge is -2.37. The minimum absolute atomic E-state index is 0.139. The summed E-state index contributed by atoms with van der Waals surface area (Å²) in [4.78, 5) is 39.5. The van der Waals surface area contributed by atoms with Crippen LogP contribution < -0.4 is 5.73 Å². The average Bonchev–Trinajstić information content (AvgIpc) is 2.69. The van der Waals surface area contributed by atoms with Crippen molar-refractivity contribution < 1.29 is 19.5 Å². The van der Waals surface area contributed by atoms with Gasteiger partial charge in [-0.25, -0.2) is 4.79 Å². The smallest absolute Gasteiger partial charge is 0.337 e. The van der Waals surface area contributed by atoms with Crippen LogP contribution in [0.3, 0.4) is 0 Å². The highest BCUT2D eigenvalue weighted by Gasteiger charge is 2.50. The van der Waals surface area contributed by atoms with Crippen LogP contribution in [0.4, 0.5) is 0 Å². The number of Topliss-reactive ketones (excluding diaryl/α,β-unsaturated/α-hetero) is 1. The summed E-state index contributed by atoms with van der Waals surface area (Å²) in [7, 11) is 1.50. The van der Waals surface area contributed by atoms with Crippen molar-refractivity contribution in [1.29, 1.82) is 0 Å². The zero-order valence-electron chi connectivity index (χ0n) is 18.4. The highest BCUT2D eigenvalue weighted by Crippen LogP contribution is 2.28. The Morgan fingerprint density at radius 2 is 1.31 bits per heavy atom. The molecule has 1 rings (SSSR count). The van der Waals surface area contributed by atoms with Gasteiger partial charge in [-0.3, -0.25) is 9.59 Å². The molecule has 1 fully saturated rings. The molecule has 6 heteroatoms. The van der Waals surface area contributed by atoms with E-state index < -0.39 is 11.5 Å². The van der Waals surface area contributed by atoms with Gasteiger partial charge in [0.1, 0.15) is 0 Å². The van der Waals surface area contributed by atoms with E-state index in [0.29, 0.717) is 32.2 Å². The minimum Gasteiger partial charge on any atom is -0.479 e. The molecule has 1 aliphatic rings. The molecule has 0 aromatic rings. The molecular formula is C23H42N2O4. The van der Waals surface area contributed by atoms with Crippen molar-refractivity contribution in [2.75, 3.05) is 13.6 Å². The topological polar surface area (TPSA) is 101 Å². The molecule has 3 N–H and O–H groups in total. The molecule has 0 saturated carbocycles. The second-order valence-corrected chi connectivity index (χ2v) is 8.53. The Bertz CT molecular complexity index is 509. The number of ketones is 1. The van der Waals surface area contributed by atoms with Gasteiger partial charge in [-0.1, -0.05) is 64.2 Å². The molecule has 168 valence electrons. The third-order valence-electron chi connectivity index (χ3n) is 6.30. The number of carbonyl (C=O) groups excluding carboxylic acids is 2. The summed E-state index contributed by atoms with van der Waals surface area (Å²) >= 11 is 0. The van der Waals surface area contributed by atoms with Crippen molar-refractivity contribution in [3.05, 3.63) is 0 Å². The predicted molar refractivity (Wildman–Crippen MR) is 116 cm³/mol. The first-order valence-corrected chi connectivity index (χ1v) is 11.7. The lowest BCUT2D eigenvalue weighted by molar-refractivity contribution is -0.164. The highest BCUT2D eigenvalue weighted by molar-refractivity contribution is 6.10. The number of unbranched alkanes of at least 4 members (excludes halogenated alkanes) is 1. The van der Waals surface area contributed by atoms with Crippen LogP contribution in [0, 0.1) is 0 Å². The van der Waals surface area contributed by atoms with E-state index in [-0.39, 0.29) is 24.5 Å². The van der Waals surface area contributed by atoms with E-state index in [1.807, 2.05) is 0 Å². The third kappa shape index (κ3) is 8.45. The Balaban J connectivity index is 2.93. The van der Waals surface area contributed by atoms with Gasteiger partial charge in [-0.15, -0.1) is 0 Å².